The van der Waals surface area contributed by atoms with Crippen LogP contribution < -0.4 is 10.6 Å². The SMILES string of the molecule is CCNc1cnc(C(=O)NC2Cc3ccccc3C2)cn1. The molecule has 5 nitrogen and oxygen atoms in total. The second-order valence-corrected chi connectivity index (χ2v) is 5.16. The van der Waals surface area contributed by atoms with E-state index in [9.17, 15) is 4.79 Å². The minimum absolute atomic E-state index is 0.144. The van der Waals surface area contributed by atoms with Crippen LogP contribution in [0.4, 0.5) is 5.82 Å². The van der Waals surface area contributed by atoms with Gasteiger partial charge in [0.15, 0.2) is 0 Å². The van der Waals surface area contributed by atoms with Crippen molar-refractivity contribution in [2.24, 2.45) is 0 Å². The first-order valence-electron chi connectivity index (χ1n) is 7.20. The van der Waals surface area contributed by atoms with Crippen molar-refractivity contribution in [2.75, 3.05) is 11.9 Å². The average molecular weight is 282 g/mol. The highest BCUT2D eigenvalue weighted by Crippen LogP contribution is 2.21. The zero-order valence-corrected chi connectivity index (χ0v) is 12.0. The molecule has 2 aromatic rings. The summed E-state index contributed by atoms with van der Waals surface area (Å²) < 4.78 is 0. The van der Waals surface area contributed by atoms with Gasteiger partial charge in [0.25, 0.3) is 5.91 Å². The largest absolute Gasteiger partial charge is 0.369 e. The highest BCUT2D eigenvalue weighted by Gasteiger charge is 2.23. The maximum absolute atomic E-state index is 12.2. The third kappa shape index (κ3) is 3.02. The van der Waals surface area contributed by atoms with E-state index in [2.05, 4.69) is 32.7 Å². The molecular weight excluding hydrogens is 264 g/mol. The molecule has 0 saturated heterocycles. The van der Waals surface area contributed by atoms with Crippen LogP contribution in [0.2, 0.25) is 0 Å². The zero-order valence-electron chi connectivity index (χ0n) is 12.0. The highest BCUT2D eigenvalue weighted by atomic mass is 16.1. The molecule has 108 valence electrons. The number of hydrogen-bond acceptors (Lipinski definition) is 4. The number of benzene rings is 1. The van der Waals surface area contributed by atoms with Gasteiger partial charge >= 0.3 is 0 Å². The molecule has 5 heteroatoms. The first-order valence-corrected chi connectivity index (χ1v) is 7.20. The minimum Gasteiger partial charge on any atom is -0.369 e. The van der Waals surface area contributed by atoms with Crippen LogP contribution in [-0.4, -0.2) is 28.5 Å². The van der Waals surface area contributed by atoms with Gasteiger partial charge in [-0.2, -0.15) is 0 Å². The van der Waals surface area contributed by atoms with Gasteiger partial charge in [-0.05, 0) is 30.9 Å². The maximum Gasteiger partial charge on any atom is 0.271 e. The summed E-state index contributed by atoms with van der Waals surface area (Å²) in [5.74, 6) is 0.519. The summed E-state index contributed by atoms with van der Waals surface area (Å²) in [6, 6.07) is 8.45. The number of anilines is 1. The Bertz CT molecular complexity index is 614. The number of rotatable bonds is 4. The second kappa shape index (κ2) is 5.91. The topological polar surface area (TPSA) is 66.9 Å². The van der Waals surface area contributed by atoms with Gasteiger partial charge in [0.1, 0.15) is 11.5 Å². The van der Waals surface area contributed by atoms with Gasteiger partial charge in [0, 0.05) is 12.6 Å². The quantitative estimate of drug-likeness (QED) is 0.897. The Balaban J connectivity index is 1.62. The predicted octanol–water partition coefficient (Wildman–Crippen LogP) is 1.81. The molecule has 21 heavy (non-hydrogen) atoms. The number of nitrogens with zero attached hydrogens (tertiary/aromatic N) is 2. The Morgan fingerprint density at radius 1 is 1.19 bits per heavy atom. The molecule has 0 saturated carbocycles. The average Bonchev–Trinajstić information content (AvgIpc) is 2.90. The highest BCUT2D eigenvalue weighted by molar-refractivity contribution is 5.92. The van der Waals surface area contributed by atoms with E-state index in [1.165, 1.54) is 17.3 Å². The van der Waals surface area contributed by atoms with Gasteiger partial charge in [-0.3, -0.25) is 4.79 Å². The molecule has 3 rings (SSSR count). The van der Waals surface area contributed by atoms with E-state index in [-0.39, 0.29) is 11.9 Å². The van der Waals surface area contributed by atoms with E-state index in [1.54, 1.807) is 6.20 Å². The third-order valence-electron chi connectivity index (χ3n) is 3.63. The molecule has 1 aliphatic carbocycles. The molecule has 1 aliphatic rings. The monoisotopic (exact) mass is 282 g/mol. The summed E-state index contributed by atoms with van der Waals surface area (Å²) >= 11 is 0. The van der Waals surface area contributed by atoms with Gasteiger partial charge in [-0.1, -0.05) is 24.3 Å². The van der Waals surface area contributed by atoms with Crippen molar-refractivity contribution in [1.82, 2.24) is 15.3 Å². The van der Waals surface area contributed by atoms with E-state index in [0.717, 1.165) is 19.4 Å². The summed E-state index contributed by atoms with van der Waals surface area (Å²) in [5, 5.41) is 6.09. The minimum atomic E-state index is -0.164. The third-order valence-corrected chi connectivity index (χ3v) is 3.63. The van der Waals surface area contributed by atoms with E-state index >= 15 is 0 Å². The van der Waals surface area contributed by atoms with Crippen LogP contribution in [0.25, 0.3) is 0 Å². The van der Waals surface area contributed by atoms with Gasteiger partial charge < -0.3 is 10.6 Å². The van der Waals surface area contributed by atoms with E-state index in [4.69, 9.17) is 0 Å². The Hall–Kier alpha value is -2.43. The van der Waals surface area contributed by atoms with Crippen molar-refractivity contribution >= 4 is 11.7 Å². The van der Waals surface area contributed by atoms with Crippen LogP contribution in [0.1, 0.15) is 28.5 Å². The van der Waals surface area contributed by atoms with E-state index in [0.29, 0.717) is 11.5 Å². The first-order chi connectivity index (χ1) is 10.3. The lowest BCUT2D eigenvalue weighted by Gasteiger charge is -2.11. The molecule has 0 fully saturated rings. The summed E-state index contributed by atoms with van der Waals surface area (Å²) in [6.45, 7) is 2.76. The molecule has 1 aromatic carbocycles. The molecule has 0 bridgehead atoms. The van der Waals surface area contributed by atoms with Crippen molar-refractivity contribution in [3.8, 4) is 0 Å². The number of nitrogens with one attached hydrogen (secondary N) is 2. The smallest absolute Gasteiger partial charge is 0.271 e. The van der Waals surface area contributed by atoms with Gasteiger partial charge in [0.05, 0.1) is 12.4 Å². The Morgan fingerprint density at radius 2 is 1.90 bits per heavy atom. The number of aromatic nitrogens is 2. The van der Waals surface area contributed by atoms with Crippen LogP contribution in [0.3, 0.4) is 0 Å². The molecule has 0 unspecified atom stereocenters. The van der Waals surface area contributed by atoms with E-state index < -0.39 is 0 Å². The molecule has 0 radical (unpaired) electrons. The molecule has 0 atom stereocenters. The van der Waals surface area contributed by atoms with Gasteiger partial charge in [-0.25, -0.2) is 9.97 Å². The normalized spacial score (nSPS) is 13.8. The Morgan fingerprint density at radius 3 is 2.48 bits per heavy atom. The fraction of sp³-hybridized carbons (Fsp3) is 0.312. The number of hydrogen-bond donors (Lipinski definition) is 2. The number of carbonyl (C=O) groups is 1. The van der Waals surface area contributed by atoms with E-state index in [1.807, 2.05) is 19.1 Å². The molecule has 0 spiro atoms. The summed E-state index contributed by atoms with van der Waals surface area (Å²) in [5.41, 5.74) is 2.99. The van der Waals surface area contributed by atoms with Crippen molar-refractivity contribution in [1.29, 1.82) is 0 Å². The molecule has 0 aliphatic heterocycles. The Kier molecular flexibility index (Phi) is 3.81. The van der Waals surface area contributed by atoms with Crippen LogP contribution in [-0.2, 0) is 12.8 Å². The molecule has 1 aromatic heterocycles. The zero-order chi connectivity index (χ0) is 14.7. The summed E-state index contributed by atoms with van der Waals surface area (Å²) in [4.78, 5) is 20.5. The van der Waals surface area contributed by atoms with Gasteiger partial charge in [-0.15, -0.1) is 0 Å². The van der Waals surface area contributed by atoms with Crippen molar-refractivity contribution in [3.63, 3.8) is 0 Å². The fourth-order valence-corrected chi connectivity index (χ4v) is 2.64. The van der Waals surface area contributed by atoms with Gasteiger partial charge in [0.2, 0.25) is 0 Å². The van der Waals surface area contributed by atoms with Crippen LogP contribution in [0.5, 0.6) is 0 Å². The maximum atomic E-state index is 12.2. The molecule has 2 N–H and O–H groups in total. The molecule has 1 heterocycles. The summed E-state index contributed by atoms with van der Waals surface area (Å²) in [7, 11) is 0. The second-order valence-electron chi connectivity index (χ2n) is 5.16. The van der Waals surface area contributed by atoms with Crippen LogP contribution in [0, 0.1) is 0 Å². The molecule has 1 amide bonds. The van der Waals surface area contributed by atoms with Crippen LogP contribution >= 0.6 is 0 Å². The standard InChI is InChI=1S/C16H18N4O/c1-2-17-15-10-18-14(9-19-15)16(21)20-13-7-11-5-3-4-6-12(11)8-13/h3-6,9-10,13H,2,7-8H2,1H3,(H,17,19)(H,20,21). The lowest BCUT2D eigenvalue weighted by Crippen LogP contribution is -2.35. The van der Waals surface area contributed by atoms with Crippen molar-refractivity contribution in [3.05, 3.63) is 53.5 Å². The summed E-state index contributed by atoms with van der Waals surface area (Å²) in [6.07, 6.45) is 4.85. The Labute approximate surface area is 123 Å². The lowest BCUT2D eigenvalue weighted by molar-refractivity contribution is 0.0933. The number of amides is 1. The molecular formula is C16H18N4O. The van der Waals surface area contributed by atoms with Crippen molar-refractivity contribution < 1.29 is 4.79 Å². The fourth-order valence-electron chi connectivity index (χ4n) is 2.64. The lowest BCUT2D eigenvalue weighted by atomic mass is 10.1. The number of fused-ring (bicyclic) bond motifs is 1. The van der Waals surface area contributed by atoms with Crippen molar-refractivity contribution in [2.45, 2.75) is 25.8 Å². The van der Waals surface area contributed by atoms with Crippen LogP contribution in [0.15, 0.2) is 36.7 Å². The number of carbonyl (C=O) groups excluding carboxylic acids is 1. The first kappa shape index (κ1) is 13.5. The predicted molar refractivity (Wildman–Crippen MR) is 81.3 cm³/mol.